The molecule has 0 aromatic carbocycles. The first-order chi connectivity index (χ1) is 8.11. The Hall–Kier alpha value is -0.260. The Labute approximate surface area is 108 Å². The van der Waals surface area contributed by atoms with Gasteiger partial charge in [0.1, 0.15) is 0 Å². The molecule has 4 nitrogen and oxygen atoms in total. The van der Waals surface area contributed by atoms with Crippen molar-refractivity contribution in [3.05, 3.63) is 0 Å². The van der Waals surface area contributed by atoms with Crippen LogP contribution in [0.25, 0.3) is 0 Å². The van der Waals surface area contributed by atoms with Gasteiger partial charge in [0, 0.05) is 18.1 Å². The fourth-order valence-corrected chi connectivity index (χ4v) is 2.16. The molecule has 2 unspecified atom stereocenters. The zero-order valence-corrected chi connectivity index (χ0v) is 11.8. The molecule has 17 heavy (non-hydrogen) atoms. The highest BCUT2D eigenvalue weighted by Crippen LogP contribution is 2.11. The third kappa shape index (κ3) is 9.44. The summed E-state index contributed by atoms with van der Waals surface area (Å²) in [7, 11) is 1.39. The average Bonchev–Trinajstić information content (AvgIpc) is 2.33. The van der Waals surface area contributed by atoms with Crippen molar-refractivity contribution < 1.29 is 19.4 Å². The summed E-state index contributed by atoms with van der Waals surface area (Å²) in [6.45, 7) is 5.00. The summed E-state index contributed by atoms with van der Waals surface area (Å²) < 4.78 is 9.93. The molecule has 102 valence electrons. The molecular weight excluding hydrogens is 240 g/mol. The molecule has 1 N–H and O–H groups in total. The number of carbonyl (C=O) groups is 1. The molecule has 0 heterocycles. The maximum Gasteiger partial charge on any atom is 0.309 e. The third-order valence-electron chi connectivity index (χ3n) is 2.23. The normalized spacial score (nSPS) is 14.4. The van der Waals surface area contributed by atoms with Crippen LogP contribution in [-0.4, -0.2) is 49.0 Å². The topological polar surface area (TPSA) is 55.8 Å². The molecule has 0 aromatic heterocycles. The van der Waals surface area contributed by atoms with Crippen molar-refractivity contribution in [1.82, 2.24) is 0 Å². The number of aliphatic hydroxyl groups is 1. The molecule has 5 heteroatoms. The van der Waals surface area contributed by atoms with Crippen molar-refractivity contribution in [3.63, 3.8) is 0 Å². The molecule has 0 amide bonds. The molecular formula is C12H24O4S. The van der Waals surface area contributed by atoms with Crippen LogP contribution in [0.3, 0.4) is 0 Å². The number of carbonyl (C=O) groups excluding carboxylic acids is 1. The molecule has 0 radical (unpaired) electrons. The zero-order valence-electron chi connectivity index (χ0n) is 11.0. The second-order valence-corrected chi connectivity index (χ2v) is 5.12. The van der Waals surface area contributed by atoms with E-state index in [4.69, 9.17) is 4.74 Å². The Bertz CT molecular complexity index is 199. The summed E-state index contributed by atoms with van der Waals surface area (Å²) in [5, 5.41) is 9.60. The van der Waals surface area contributed by atoms with E-state index < -0.39 is 6.10 Å². The van der Waals surface area contributed by atoms with Crippen LogP contribution in [-0.2, 0) is 14.3 Å². The van der Waals surface area contributed by atoms with Crippen molar-refractivity contribution in [2.24, 2.45) is 5.92 Å². The molecule has 0 bridgehead atoms. The van der Waals surface area contributed by atoms with Crippen LogP contribution in [0.1, 0.15) is 26.7 Å². The maximum atomic E-state index is 11.1. The summed E-state index contributed by atoms with van der Waals surface area (Å²) in [4.78, 5) is 11.1. The SMILES string of the molecule is CCCCOCC(O)CSCC(C)C(=O)OC. The average molecular weight is 264 g/mol. The van der Waals surface area contributed by atoms with Crippen molar-refractivity contribution >= 4 is 17.7 Å². The maximum absolute atomic E-state index is 11.1. The number of rotatable bonds is 10. The summed E-state index contributed by atoms with van der Waals surface area (Å²) in [5.41, 5.74) is 0. The van der Waals surface area contributed by atoms with Gasteiger partial charge in [-0.3, -0.25) is 4.79 Å². The van der Waals surface area contributed by atoms with Gasteiger partial charge in [0.05, 0.1) is 25.7 Å². The Kier molecular flexibility index (Phi) is 10.7. The minimum absolute atomic E-state index is 0.127. The Balaban J connectivity index is 3.44. The van der Waals surface area contributed by atoms with Crippen LogP contribution in [0.4, 0.5) is 0 Å². The first-order valence-corrected chi connectivity index (χ1v) is 7.18. The van der Waals surface area contributed by atoms with Crippen LogP contribution >= 0.6 is 11.8 Å². The van der Waals surface area contributed by atoms with E-state index in [1.54, 1.807) is 11.8 Å². The van der Waals surface area contributed by atoms with Crippen molar-refractivity contribution in [2.45, 2.75) is 32.8 Å². The van der Waals surface area contributed by atoms with Gasteiger partial charge in [0.15, 0.2) is 0 Å². The second-order valence-electron chi connectivity index (χ2n) is 4.04. The predicted octanol–water partition coefficient (Wildman–Crippen LogP) is 1.71. The van der Waals surface area contributed by atoms with Crippen LogP contribution in [0.15, 0.2) is 0 Å². The monoisotopic (exact) mass is 264 g/mol. The number of esters is 1. The number of unbranched alkanes of at least 4 members (excludes halogenated alkanes) is 1. The van der Waals surface area contributed by atoms with Gasteiger partial charge >= 0.3 is 5.97 Å². The number of hydrogen-bond acceptors (Lipinski definition) is 5. The van der Waals surface area contributed by atoms with E-state index in [1.807, 2.05) is 6.92 Å². The van der Waals surface area contributed by atoms with E-state index in [0.29, 0.717) is 24.7 Å². The van der Waals surface area contributed by atoms with Crippen LogP contribution in [0, 0.1) is 5.92 Å². The van der Waals surface area contributed by atoms with Crippen LogP contribution in [0.5, 0.6) is 0 Å². The van der Waals surface area contributed by atoms with E-state index in [0.717, 1.165) is 12.8 Å². The van der Waals surface area contributed by atoms with Crippen molar-refractivity contribution in [2.75, 3.05) is 31.8 Å². The van der Waals surface area contributed by atoms with Gasteiger partial charge in [-0.1, -0.05) is 20.3 Å². The fourth-order valence-electron chi connectivity index (χ4n) is 1.16. The highest BCUT2D eigenvalue weighted by atomic mass is 32.2. The number of methoxy groups -OCH3 is 1. The smallest absolute Gasteiger partial charge is 0.309 e. The number of thioether (sulfide) groups is 1. The quantitative estimate of drug-likeness (QED) is 0.481. The van der Waals surface area contributed by atoms with E-state index >= 15 is 0 Å². The summed E-state index contributed by atoms with van der Waals surface area (Å²) in [6.07, 6.45) is 1.67. The van der Waals surface area contributed by atoms with E-state index in [2.05, 4.69) is 11.7 Å². The molecule has 0 spiro atoms. The molecule has 0 rings (SSSR count). The van der Waals surface area contributed by atoms with Crippen LogP contribution in [0.2, 0.25) is 0 Å². The molecule has 0 aliphatic rings. The standard InChI is InChI=1S/C12H24O4S/c1-4-5-6-16-7-11(13)9-17-8-10(2)12(14)15-3/h10-11,13H,4-9H2,1-3H3. The molecule has 0 aliphatic heterocycles. The lowest BCUT2D eigenvalue weighted by molar-refractivity contribution is -0.144. The van der Waals surface area contributed by atoms with Gasteiger partial charge in [-0.2, -0.15) is 11.8 Å². The molecule has 0 saturated carbocycles. The van der Waals surface area contributed by atoms with Crippen molar-refractivity contribution in [3.8, 4) is 0 Å². The second kappa shape index (κ2) is 10.9. The van der Waals surface area contributed by atoms with E-state index in [1.165, 1.54) is 7.11 Å². The first-order valence-electron chi connectivity index (χ1n) is 6.03. The van der Waals surface area contributed by atoms with Gasteiger partial charge in [0.2, 0.25) is 0 Å². The predicted molar refractivity (Wildman–Crippen MR) is 70.2 cm³/mol. The van der Waals surface area contributed by atoms with Gasteiger partial charge in [-0.15, -0.1) is 0 Å². The fraction of sp³-hybridized carbons (Fsp3) is 0.917. The third-order valence-corrected chi connectivity index (χ3v) is 3.59. The molecule has 0 aromatic rings. The number of ether oxygens (including phenoxy) is 2. The number of aliphatic hydroxyl groups excluding tert-OH is 1. The lowest BCUT2D eigenvalue weighted by atomic mass is 10.2. The first kappa shape index (κ1) is 16.7. The van der Waals surface area contributed by atoms with Crippen molar-refractivity contribution in [1.29, 1.82) is 0 Å². The number of hydrogen-bond donors (Lipinski definition) is 1. The summed E-state index contributed by atoms with van der Waals surface area (Å²) in [5.74, 6) is 0.927. The van der Waals surface area contributed by atoms with Gasteiger partial charge in [0.25, 0.3) is 0 Å². The Morgan fingerprint density at radius 3 is 2.71 bits per heavy atom. The molecule has 2 atom stereocenters. The van der Waals surface area contributed by atoms with Gasteiger partial charge in [-0.25, -0.2) is 0 Å². The van der Waals surface area contributed by atoms with Gasteiger partial charge < -0.3 is 14.6 Å². The van der Waals surface area contributed by atoms with E-state index in [-0.39, 0.29) is 11.9 Å². The van der Waals surface area contributed by atoms with E-state index in [9.17, 15) is 9.90 Å². The molecule has 0 fully saturated rings. The van der Waals surface area contributed by atoms with Gasteiger partial charge in [-0.05, 0) is 6.42 Å². The summed E-state index contributed by atoms with van der Waals surface area (Å²) >= 11 is 1.55. The molecule has 0 saturated heterocycles. The zero-order chi connectivity index (χ0) is 13.1. The highest BCUT2D eigenvalue weighted by Gasteiger charge is 2.13. The summed E-state index contributed by atoms with van der Waals surface area (Å²) in [6, 6.07) is 0. The lowest BCUT2D eigenvalue weighted by Gasteiger charge is -2.12. The molecule has 0 aliphatic carbocycles. The van der Waals surface area contributed by atoms with Crippen LogP contribution < -0.4 is 0 Å². The Morgan fingerprint density at radius 2 is 2.12 bits per heavy atom. The minimum atomic E-state index is -0.457. The highest BCUT2D eigenvalue weighted by molar-refractivity contribution is 7.99. The minimum Gasteiger partial charge on any atom is -0.469 e. The lowest BCUT2D eigenvalue weighted by Crippen LogP contribution is -2.20. The Morgan fingerprint density at radius 1 is 1.41 bits per heavy atom. The largest absolute Gasteiger partial charge is 0.469 e.